The molecule has 1 aromatic heterocycles. The predicted octanol–water partition coefficient (Wildman–Crippen LogP) is 0.812. The van der Waals surface area contributed by atoms with Crippen molar-refractivity contribution in [3.63, 3.8) is 0 Å². The number of nitrogens with two attached hydrogens (primary N) is 1. The highest BCUT2D eigenvalue weighted by atomic mass is 16.5. The Balaban J connectivity index is 1.94. The molecule has 1 aromatic rings. The SMILES string of the molecule is NCCCc1nc(C2CCCO2)no1. The van der Waals surface area contributed by atoms with Crippen molar-refractivity contribution in [3.05, 3.63) is 11.7 Å². The molecule has 0 aliphatic carbocycles. The molecular weight excluding hydrogens is 182 g/mol. The van der Waals surface area contributed by atoms with E-state index < -0.39 is 0 Å². The lowest BCUT2D eigenvalue weighted by atomic mass is 10.2. The van der Waals surface area contributed by atoms with Gasteiger partial charge in [-0.2, -0.15) is 4.98 Å². The lowest BCUT2D eigenvalue weighted by Gasteiger charge is -2.00. The number of rotatable bonds is 4. The largest absolute Gasteiger partial charge is 0.370 e. The predicted molar refractivity (Wildman–Crippen MR) is 49.6 cm³/mol. The van der Waals surface area contributed by atoms with E-state index in [4.69, 9.17) is 15.0 Å². The van der Waals surface area contributed by atoms with Crippen LogP contribution in [0.15, 0.2) is 4.52 Å². The molecule has 1 aliphatic rings. The average Bonchev–Trinajstić information content (AvgIpc) is 2.85. The van der Waals surface area contributed by atoms with E-state index in [-0.39, 0.29) is 6.10 Å². The molecule has 1 atom stereocenters. The lowest BCUT2D eigenvalue weighted by Crippen LogP contribution is -2.01. The summed E-state index contributed by atoms with van der Waals surface area (Å²) < 4.78 is 10.5. The van der Waals surface area contributed by atoms with E-state index in [1.807, 2.05) is 0 Å². The molecule has 0 amide bonds. The summed E-state index contributed by atoms with van der Waals surface area (Å²) in [6.45, 7) is 1.45. The number of aromatic nitrogens is 2. The van der Waals surface area contributed by atoms with Crippen molar-refractivity contribution in [1.82, 2.24) is 10.1 Å². The molecule has 78 valence electrons. The molecule has 2 rings (SSSR count). The van der Waals surface area contributed by atoms with Crippen molar-refractivity contribution in [3.8, 4) is 0 Å². The fourth-order valence-corrected chi connectivity index (χ4v) is 1.53. The fraction of sp³-hybridized carbons (Fsp3) is 0.778. The van der Waals surface area contributed by atoms with Gasteiger partial charge in [0.05, 0.1) is 0 Å². The van der Waals surface area contributed by atoms with Gasteiger partial charge in [0.2, 0.25) is 11.7 Å². The first-order valence-electron chi connectivity index (χ1n) is 5.04. The topological polar surface area (TPSA) is 74.2 Å². The van der Waals surface area contributed by atoms with Crippen molar-refractivity contribution in [2.45, 2.75) is 31.8 Å². The molecule has 0 saturated carbocycles. The van der Waals surface area contributed by atoms with Crippen LogP contribution in [0.5, 0.6) is 0 Å². The number of hydrogen-bond acceptors (Lipinski definition) is 5. The molecule has 5 nitrogen and oxygen atoms in total. The maximum atomic E-state index is 5.45. The second kappa shape index (κ2) is 4.52. The molecule has 0 bridgehead atoms. The lowest BCUT2D eigenvalue weighted by molar-refractivity contribution is 0.103. The summed E-state index contributed by atoms with van der Waals surface area (Å²) in [6.07, 6.45) is 3.77. The second-order valence-electron chi connectivity index (χ2n) is 3.44. The van der Waals surface area contributed by atoms with Crippen LogP contribution in [-0.2, 0) is 11.2 Å². The summed E-state index contributed by atoms with van der Waals surface area (Å²) >= 11 is 0. The molecule has 2 N–H and O–H groups in total. The summed E-state index contributed by atoms with van der Waals surface area (Å²) in [7, 11) is 0. The van der Waals surface area contributed by atoms with Gasteiger partial charge in [-0.15, -0.1) is 0 Å². The Bertz CT molecular complexity index is 281. The minimum Gasteiger partial charge on any atom is -0.370 e. The van der Waals surface area contributed by atoms with Gasteiger partial charge in [-0.05, 0) is 25.8 Å². The van der Waals surface area contributed by atoms with Gasteiger partial charge in [0.1, 0.15) is 6.10 Å². The van der Waals surface area contributed by atoms with Crippen LogP contribution < -0.4 is 5.73 Å². The molecule has 0 radical (unpaired) electrons. The zero-order chi connectivity index (χ0) is 9.80. The Morgan fingerprint density at radius 2 is 2.43 bits per heavy atom. The number of nitrogens with zero attached hydrogens (tertiary/aromatic N) is 2. The first-order chi connectivity index (χ1) is 6.90. The van der Waals surface area contributed by atoms with E-state index >= 15 is 0 Å². The minimum atomic E-state index is 0.0466. The zero-order valence-corrected chi connectivity index (χ0v) is 8.11. The van der Waals surface area contributed by atoms with Crippen LogP contribution in [0.25, 0.3) is 0 Å². The van der Waals surface area contributed by atoms with E-state index in [9.17, 15) is 0 Å². The molecule has 1 saturated heterocycles. The maximum absolute atomic E-state index is 5.45. The zero-order valence-electron chi connectivity index (χ0n) is 8.11. The van der Waals surface area contributed by atoms with E-state index in [1.165, 1.54) is 0 Å². The third kappa shape index (κ3) is 2.10. The van der Waals surface area contributed by atoms with Crippen molar-refractivity contribution in [2.75, 3.05) is 13.2 Å². The van der Waals surface area contributed by atoms with Gasteiger partial charge in [-0.1, -0.05) is 5.16 Å². The van der Waals surface area contributed by atoms with Crippen LogP contribution in [0.3, 0.4) is 0 Å². The highest BCUT2D eigenvalue weighted by Gasteiger charge is 2.22. The van der Waals surface area contributed by atoms with Crippen LogP contribution >= 0.6 is 0 Å². The van der Waals surface area contributed by atoms with Crippen LogP contribution in [0.2, 0.25) is 0 Å². The molecule has 1 fully saturated rings. The van der Waals surface area contributed by atoms with Gasteiger partial charge in [-0.3, -0.25) is 0 Å². The highest BCUT2D eigenvalue weighted by Crippen LogP contribution is 2.26. The summed E-state index contributed by atoms with van der Waals surface area (Å²) in [5.41, 5.74) is 5.39. The number of hydrogen-bond donors (Lipinski definition) is 1. The van der Waals surface area contributed by atoms with E-state index in [1.54, 1.807) is 0 Å². The van der Waals surface area contributed by atoms with Crippen LogP contribution in [-0.4, -0.2) is 23.3 Å². The van der Waals surface area contributed by atoms with E-state index in [2.05, 4.69) is 10.1 Å². The molecule has 2 heterocycles. The van der Waals surface area contributed by atoms with Gasteiger partial charge in [-0.25, -0.2) is 0 Å². The van der Waals surface area contributed by atoms with E-state index in [0.29, 0.717) is 18.3 Å². The monoisotopic (exact) mass is 197 g/mol. The third-order valence-electron chi connectivity index (χ3n) is 2.30. The van der Waals surface area contributed by atoms with Gasteiger partial charge in [0.25, 0.3) is 0 Å². The highest BCUT2D eigenvalue weighted by molar-refractivity contribution is 4.93. The van der Waals surface area contributed by atoms with Crippen LogP contribution in [0.4, 0.5) is 0 Å². The standard InChI is InChI=1S/C9H15N3O2/c10-5-1-4-8-11-9(12-14-8)7-3-2-6-13-7/h7H,1-6,10H2. The minimum absolute atomic E-state index is 0.0466. The Kier molecular flexibility index (Phi) is 3.10. The van der Waals surface area contributed by atoms with Gasteiger partial charge < -0.3 is 15.0 Å². The molecule has 14 heavy (non-hydrogen) atoms. The van der Waals surface area contributed by atoms with Crippen molar-refractivity contribution >= 4 is 0 Å². The number of aryl methyl sites for hydroxylation is 1. The van der Waals surface area contributed by atoms with Gasteiger partial charge >= 0.3 is 0 Å². The Labute approximate surface area is 82.6 Å². The third-order valence-corrected chi connectivity index (χ3v) is 2.30. The quantitative estimate of drug-likeness (QED) is 0.773. The van der Waals surface area contributed by atoms with Crippen LogP contribution in [0.1, 0.15) is 37.1 Å². The molecular formula is C9H15N3O2. The van der Waals surface area contributed by atoms with Crippen molar-refractivity contribution < 1.29 is 9.26 Å². The Hall–Kier alpha value is -0.940. The Morgan fingerprint density at radius 3 is 3.14 bits per heavy atom. The van der Waals surface area contributed by atoms with Crippen molar-refractivity contribution in [2.24, 2.45) is 5.73 Å². The smallest absolute Gasteiger partial charge is 0.226 e. The molecule has 1 aliphatic heterocycles. The molecule has 0 spiro atoms. The molecule has 0 aromatic carbocycles. The summed E-state index contributed by atoms with van der Waals surface area (Å²) in [6, 6.07) is 0. The van der Waals surface area contributed by atoms with E-state index in [0.717, 1.165) is 32.3 Å². The molecule has 1 unspecified atom stereocenters. The van der Waals surface area contributed by atoms with Gasteiger partial charge in [0, 0.05) is 13.0 Å². The van der Waals surface area contributed by atoms with Crippen molar-refractivity contribution in [1.29, 1.82) is 0 Å². The van der Waals surface area contributed by atoms with Crippen LogP contribution in [0, 0.1) is 0 Å². The summed E-state index contributed by atoms with van der Waals surface area (Å²) in [5.74, 6) is 1.36. The molecule has 5 heteroatoms. The summed E-state index contributed by atoms with van der Waals surface area (Å²) in [4.78, 5) is 4.27. The maximum Gasteiger partial charge on any atom is 0.226 e. The Morgan fingerprint density at radius 1 is 1.50 bits per heavy atom. The second-order valence-corrected chi connectivity index (χ2v) is 3.44. The van der Waals surface area contributed by atoms with Gasteiger partial charge in [0.15, 0.2) is 0 Å². The normalized spacial score (nSPS) is 21.6. The number of ether oxygens (including phenoxy) is 1. The summed E-state index contributed by atoms with van der Waals surface area (Å²) in [5, 5.41) is 3.90. The first kappa shape index (κ1) is 9.61. The average molecular weight is 197 g/mol. The first-order valence-corrected chi connectivity index (χ1v) is 5.04. The fourth-order valence-electron chi connectivity index (χ4n) is 1.53.